The first kappa shape index (κ1) is 17.8. The summed E-state index contributed by atoms with van der Waals surface area (Å²) in [4.78, 5) is 4.19. The molecular formula is C19H24FN3O. The van der Waals surface area contributed by atoms with Gasteiger partial charge in [-0.25, -0.2) is 4.39 Å². The molecule has 0 spiro atoms. The van der Waals surface area contributed by atoms with E-state index in [1.54, 1.807) is 26.3 Å². The molecule has 0 aliphatic carbocycles. The van der Waals surface area contributed by atoms with Crippen LogP contribution in [0.3, 0.4) is 0 Å². The van der Waals surface area contributed by atoms with Gasteiger partial charge in [0.1, 0.15) is 11.6 Å². The van der Waals surface area contributed by atoms with Crippen LogP contribution in [-0.2, 0) is 13.0 Å². The maximum atomic E-state index is 12.9. The lowest BCUT2D eigenvalue weighted by atomic mass is 10.1. The quantitative estimate of drug-likeness (QED) is 0.466. The van der Waals surface area contributed by atoms with Crippen molar-refractivity contribution < 1.29 is 9.13 Å². The van der Waals surface area contributed by atoms with Crippen LogP contribution in [0.25, 0.3) is 0 Å². The normalized spacial score (nSPS) is 11.2. The second-order valence-electron chi connectivity index (χ2n) is 5.43. The summed E-state index contributed by atoms with van der Waals surface area (Å²) >= 11 is 0. The van der Waals surface area contributed by atoms with Gasteiger partial charge in [-0.1, -0.05) is 24.3 Å². The van der Waals surface area contributed by atoms with Crippen LogP contribution in [-0.4, -0.2) is 26.7 Å². The number of hydrogen-bond donors (Lipinski definition) is 2. The van der Waals surface area contributed by atoms with Gasteiger partial charge in [0.15, 0.2) is 5.96 Å². The molecule has 0 saturated carbocycles. The van der Waals surface area contributed by atoms with Gasteiger partial charge in [0.05, 0.1) is 7.11 Å². The minimum atomic E-state index is -0.223. The minimum Gasteiger partial charge on any atom is -0.497 e. The van der Waals surface area contributed by atoms with E-state index in [0.29, 0.717) is 6.54 Å². The van der Waals surface area contributed by atoms with Crippen LogP contribution in [0, 0.1) is 5.82 Å². The summed E-state index contributed by atoms with van der Waals surface area (Å²) < 4.78 is 18.1. The summed E-state index contributed by atoms with van der Waals surface area (Å²) in [7, 11) is 3.42. The van der Waals surface area contributed by atoms with Gasteiger partial charge in [0, 0.05) is 20.1 Å². The Hall–Kier alpha value is -2.56. The molecule has 0 unspecified atom stereocenters. The molecule has 2 N–H and O–H groups in total. The van der Waals surface area contributed by atoms with Gasteiger partial charge < -0.3 is 15.4 Å². The Morgan fingerprint density at radius 1 is 1.08 bits per heavy atom. The molecule has 0 aromatic heterocycles. The van der Waals surface area contributed by atoms with Crippen molar-refractivity contribution in [1.82, 2.24) is 10.6 Å². The maximum Gasteiger partial charge on any atom is 0.191 e. The smallest absolute Gasteiger partial charge is 0.191 e. The van der Waals surface area contributed by atoms with E-state index in [1.807, 2.05) is 12.1 Å². The summed E-state index contributed by atoms with van der Waals surface area (Å²) in [6, 6.07) is 14.6. The van der Waals surface area contributed by atoms with E-state index in [9.17, 15) is 4.39 Å². The SMILES string of the molecule is CN=C(NCCCc1cccc(OC)c1)NCc1ccc(F)cc1. The number of halogens is 1. The molecule has 0 fully saturated rings. The third-order valence-corrected chi connectivity index (χ3v) is 3.67. The Morgan fingerprint density at radius 3 is 2.58 bits per heavy atom. The lowest BCUT2D eigenvalue weighted by Crippen LogP contribution is -2.37. The number of nitrogens with one attached hydrogen (secondary N) is 2. The fourth-order valence-electron chi connectivity index (χ4n) is 2.34. The fourth-order valence-corrected chi connectivity index (χ4v) is 2.34. The number of hydrogen-bond acceptors (Lipinski definition) is 2. The molecule has 2 aromatic rings. The molecule has 2 rings (SSSR count). The number of methoxy groups -OCH3 is 1. The average Bonchev–Trinajstić information content (AvgIpc) is 2.62. The first-order valence-electron chi connectivity index (χ1n) is 8.03. The van der Waals surface area contributed by atoms with Gasteiger partial charge in [-0.15, -0.1) is 0 Å². The third kappa shape index (κ3) is 5.91. The Labute approximate surface area is 142 Å². The highest BCUT2D eigenvalue weighted by atomic mass is 19.1. The molecule has 0 bridgehead atoms. The summed E-state index contributed by atoms with van der Waals surface area (Å²) in [5.41, 5.74) is 2.26. The zero-order chi connectivity index (χ0) is 17.2. The van der Waals surface area contributed by atoms with Gasteiger partial charge in [-0.05, 0) is 48.2 Å². The Morgan fingerprint density at radius 2 is 1.88 bits per heavy atom. The summed E-state index contributed by atoms with van der Waals surface area (Å²) in [6.45, 7) is 1.43. The van der Waals surface area contributed by atoms with Crippen LogP contribution in [0.5, 0.6) is 5.75 Å². The highest BCUT2D eigenvalue weighted by Gasteiger charge is 2.00. The van der Waals surface area contributed by atoms with Crippen molar-refractivity contribution in [3.63, 3.8) is 0 Å². The van der Waals surface area contributed by atoms with Crippen molar-refractivity contribution in [2.24, 2.45) is 4.99 Å². The lowest BCUT2D eigenvalue weighted by molar-refractivity contribution is 0.414. The molecule has 4 nitrogen and oxygen atoms in total. The molecule has 0 saturated heterocycles. The molecular weight excluding hydrogens is 305 g/mol. The molecule has 0 radical (unpaired) electrons. The van der Waals surface area contributed by atoms with E-state index in [2.05, 4.69) is 27.8 Å². The Kier molecular flexibility index (Phi) is 7.08. The molecule has 24 heavy (non-hydrogen) atoms. The van der Waals surface area contributed by atoms with E-state index in [-0.39, 0.29) is 5.82 Å². The van der Waals surface area contributed by atoms with Crippen LogP contribution >= 0.6 is 0 Å². The fraction of sp³-hybridized carbons (Fsp3) is 0.316. The highest BCUT2D eigenvalue weighted by molar-refractivity contribution is 5.79. The van der Waals surface area contributed by atoms with Gasteiger partial charge in [0.2, 0.25) is 0 Å². The van der Waals surface area contributed by atoms with Crippen LogP contribution in [0.1, 0.15) is 17.5 Å². The predicted octanol–water partition coefficient (Wildman–Crippen LogP) is 3.13. The first-order valence-corrected chi connectivity index (χ1v) is 8.03. The predicted molar refractivity (Wildman–Crippen MR) is 95.9 cm³/mol. The van der Waals surface area contributed by atoms with Crippen LogP contribution in [0.2, 0.25) is 0 Å². The van der Waals surface area contributed by atoms with Crippen molar-refractivity contribution in [2.45, 2.75) is 19.4 Å². The minimum absolute atomic E-state index is 0.223. The zero-order valence-electron chi connectivity index (χ0n) is 14.2. The molecule has 2 aromatic carbocycles. The number of guanidine groups is 1. The summed E-state index contributed by atoms with van der Waals surface area (Å²) in [5, 5.41) is 6.50. The van der Waals surface area contributed by atoms with Crippen molar-refractivity contribution in [3.8, 4) is 5.75 Å². The van der Waals surface area contributed by atoms with Crippen molar-refractivity contribution in [1.29, 1.82) is 0 Å². The van der Waals surface area contributed by atoms with E-state index >= 15 is 0 Å². The monoisotopic (exact) mass is 329 g/mol. The van der Waals surface area contributed by atoms with E-state index in [0.717, 1.165) is 36.7 Å². The number of aryl methyl sites for hydroxylation is 1. The number of nitrogens with zero attached hydrogens (tertiary/aromatic N) is 1. The largest absolute Gasteiger partial charge is 0.497 e. The van der Waals surface area contributed by atoms with Gasteiger partial charge >= 0.3 is 0 Å². The second kappa shape index (κ2) is 9.55. The van der Waals surface area contributed by atoms with Gasteiger partial charge in [-0.2, -0.15) is 0 Å². The lowest BCUT2D eigenvalue weighted by Gasteiger charge is -2.12. The standard InChI is InChI=1S/C19H24FN3O/c1-21-19(23-14-16-8-10-17(20)11-9-16)22-12-4-6-15-5-3-7-18(13-15)24-2/h3,5,7-11,13H,4,6,12,14H2,1-2H3,(H2,21,22,23). The van der Waals surface area contributed by atoms with Crippen molar-refractivity contribution in [2.75, 3.05) is 20.7 Å². The summed E-state index contributed by atoms with van der Waals surface area (Å²) in [5.74, 6) is 1.40. The highest BCUT2D eigenvalue weighted by Crippen LogP contribution is 2.13. The zero-order valence-corrected chi connectivity index (χ0v) is 14.2. The Bertz CT molecular complexity index is 656. The number of rotatable bonds is 7. The summed E-state index contributed by atoms with van der Waals surface area (Å²) in [6.07, 6.45) is 1.96. The maximum absolute atomic E-state index is 12.9. The van der Waals surface area contributed by atoms with Crippen LogP contribution in [0.4, 0.5) is 4.39 Å². The first-order chi connectivity index (χ1) is 11.7. The van der Waals surface area contributed by atoms with Crippen LogP contribution < -0.4 is 15.4 Å². The molecule has 5 heteroatoms. The van der Waals surface area contributed by atoms with Crippen molar-refractivity contribution >= 4 is 5.96 Å². The number of benzene rings is 2. The van der Waals surface area contributed by atoms with E-state index in [1.165, 1.54) is 17.7 Å². The van der Waals surface area contributed by atoms with Crippen molar-refractivity contribution in [3.05, 3.63) is 65.5 Å². The second-order valence-corrected chi connectivity index (χ2v) is 5.43. The number of aliphatic imine (C=N–C) groups is 1. The van der Waals surface area contributed by atoms with E-state index in [4.69, 9.17) is 4.74 Å². The topological polar surface area (TPSA) is 45.7 Å². The van der Waals surface area contributed by atoms with E-state index < -0.39 is 0 Å². The molecule has 0 aliphatic rings. The van der Waals surface area contributed by atoms with Gasteiger partial charge in [0.25, 0.3) is 0 Å². The molecule has 0 atom stereocenters. The average molecular weight is 329 g/mol. The Balaban J connectivity index is 1.70. The van der Waals surface area contributed by atoms with Gasteiger partial charge in [-0.3, -0.25) is 4.99 Å². The molecule has 0 heterocycles. The third-order valence-electron chi connectivity index (χ3n) is 3.67. The van der Waals surface area contributed by atoms with Crippen LogP contribution in [0.15, 0.2) is 53.5 Å². The molecule has 0 aliphatic heterocycles. The molecule has 0 amide bonds. The molecule has 128 valence electrons. The number of ether oxygens (including phenoxy) is 1.